The summed E-state index contributed by atoms with van der Waals surface area (Å²) in [6.45, 7) is 7.97. The molecule has 0 amide bonds. The molecule has 1 aromatic rings. The first-order valence-electron chi connectivity index (χ1n) is 9.07. The first kappa shape index (κ1) is 18.2. The summed E-state index contributed by atoms with van der Waals surface area (Å²) < 4.78 is 28.9. The summed E-state index contributed by atoms with van der Waals surface area (Å²) in [5.41, 5.74) is 0.0878. The second-order valence-electron chi connectivity index (χ2n) is 7.41. The average Bonchev–Trinajstić information content (AvgIpc) is 2.55. The van der Waals surface area contributed by atoms with Gasteiger partial charge in [-0.2, -0.15) is 0 Å². The molecule has 1 atom stereocenters. The van der Waals surface area contributed by atoms with Crippen molar-refractivity contribution in [1.82, 2.24) is 9.21 Å². The van der Waals surface area contributed by atoms with Crippen LogP contribution < -0.4 is 0 Å². The minimum absolute atomic E-state index is 0.0878. The fourth-order valence-electron chi connectivity index (χ4n) is 3.81. The van der Waals surface area contributed by atoms with Crippen molar-refractivity contribution in [3.63, 3.8) is 0 Å². The molecular weight excluding hydrogens is 326 g/mol. The lowest BCUT2D eigenvalue weighted by Crippen LogP contribution is -2.46. The third-order valence-electron chi connectivity index (χ3n) is 5.22. The van der Waals surface area contributed by atoms with Crippen LogP contribution in [-0.4, -0.2) is 41.4 Å². The Bertz CT molecular complexity index is 521. The van der Waals surface area contributed by atoms with Gasteiger partial charge in [-0.25, -0.2) is 13.1 Å². The Balaban J connectivity index is 1.48. The van der Waals surface area contributed by atoms with Crippen LogP contribution in [0.4, 0.5) is 8.78 Å². The van der Waals surface area contributed by atoms with E-state index in [1.165, 1.54) is 38.8 Å². The van der Waals surface area contributed by atoms with Crippen molar-refractivity contribution in [2.75, 3.05) is 26.2 Å². The molecule has 0 N–H and O–H groups in total. The standard InChI is InChI=1S/C19H28F2N2S/c1-15-4-3-11-22(14-15)17-9-12-23(13-10-17)24-18-7-5-16(6-8-18)19(2,20)21/h5-8,15,17H,3-4,9-14H2,1-2H3. The van der Waals surface area contributed by atoms with E-state index in [4.69, 9.17) is 0 Å². The molecule has 2 aliphatic rings. The molecule has 2 heterocycles. The lowest BCUT2D eigenvalue weighted by Gasteiger charge is -2.41. The van der Waals surface area contributed by atoms with Crippen LogP contribution in [0, 0.1) is 5.92 Å². The molecule has 2 saturated heterocycles. The molecule has 0 bridgehead atoms. The van der Waals surface area contributed by atoms with E-state index in [0.717, 1.165) is 36.9 Å². The third-order valence-corrected chi connectivity index (χ3v) is 6.33. The van der Waals surface area contributed by atoms with Gasteiger partial charge in [-0.1, -0.05) is 19.1 Å². The van der Waals surface area contributed by atoms with Crippen molar-refractivity contribution in [1.29, 1.82) is 0 Å². The minimum atomic E-state index is -2.76. The largest absolute Gasteiger partial charge is 0.300 e. The second kappa shape index (κ2) is 7.71. The number of piperidine rings is 2. The van der Waals surface area contributed by atoms with Crippen molar-refractivity contribution in [3.05, 3.63) is 29.8 Å². The molecule has 5 heteroatoms. The predicted molar refractivity (Wildman–Crippen MR) is 96.4 cm³/mol. The van der Waals surface area contributed by atoms with Gasteiger partial charge in [0, 0.05) is 43.1 Å². The summed E-state index contributed by atoms with van der Waals surface area (Å²) >= 11 is 1.70. The Labute approximate surface area is 148 Å². The fourth-order valence-corrected chi connectivity index (χ4v) is 4.76. The molecule has 3 rings (SSSR count). The van der Waals surface area contributed by atoms with Gasteiger partial charge in [-0.15, -0.1) is 0 Å². The van der Waals surface area contributed by atoms with E-state index in [0.29, 0.717) is 0 Å². The Morgan fingerprint density at radius 3 is 2.29 bits per heavy atom. The van der Waals surface area contributed by atoms with Crippen LogP contribution in [0.15, 0.2) is 29.2 Å². The highest BCUT2D eigenvalue weighted by Crippen LogP contribution is 2.32. The Morgan fingerprint density at radius 1 is 1.04 bits per heavy atom. The second-order valence-corrected chi connectivity index (χ2v) is 8.58. The van der Waals surface area contributed by atoms with Gasteiger partial charge in [-0.05, 0) is 62.2 Å². The monoisotopic (exact) mass is 354 g/mol. The number of hydrogen-bond acceptors (Lipinski definition) is 3. The van der Waals surface area contributed by atoms with Gasteiger partial charge in [0.15, 0.2) is 0 Å². The van der Waals surface area contributed by atoms with Gasteiger partial charge in [0.2, 0.25) is 0 Å². The lowest BCUT2D eigenvalue weighted by molar-refractivity contribution is 0.0174. The predicted octanol–water partition coefficient (Wildman–Crippen LogP) is 5.00. The van der Waals surface area contributed by atoms with E-state index in [-0.39, 0.29) is 5.56 Å². The first-order chi connectivity index (χ1) is 11.4. The van der Waals surface area contributed by atoms with Crippen molar-refractivity contribution in [3.8, 4) is 0 Å². The maximum atomic E-state index is 13.3. The third kappa shape index (κ3) is 4.70. The molecule has 2 nitrogen and oxygen atoms in total. The van der Waals surface area contributed by atoms with Crippen molar-refractivity contribution in [2.24, 2.45) is 5.92 Å². The van der Waals surface area contributed by atoms with Gasteiger partial charge in [0.1, 0.15) is 0 Å². The van der Waals surface area contributed by atoms with Gasteiger partial charge in [0.25, 0.3) is 5.92 Å². The van der Waals surface area contributed by atoms with Crippen LogP contribution in [0.25, 0.3) is 0 Å². The van der Waals surface area contributed by atoms with E-state index in [1.807, 2.05) is 12.1 Å². The zero-order valence-corrected chi connectivity index (χ0v) is 15.5. The quantitative estimate of drug-likeness (QED) is 0.703. The number of nitrogens with zero attached hydrogens (tertiary/aromatic N) is 2. The van der Waals surface area contributed by atoms with E-state index in [2.05, 4.69) is 16.1 Å². The average molecular weight is 355 g/mol. The Hall–Kier alpha value is -0.650. The van der Waals surface area contributed by atoms with Crippen LogP contribution in [0.2, 0.25) is 0 Å². The SMILES string of the molecule is CC1CCCN(C2CCN(Sc3ccc(C(C)(F)F)cc3)CC2)C1. The highest BCUT2D eigenvalue weighted by molar-refractivity contribution is 7.97. The van der Waals surface area contributed by atoms with Gasteiger partial charge in [0.05, 0.1) is 0 Å². The minimum Gasteiger partial charge on any atom is -0.300 e. The summed E-state index contributed by atoms with van der Waals surface area (Å²) in [7, 11) is 0. The number of alkyl halides is 2. The van der Waals surface area contributed by atoms with E-state index < -0.39 is 5.92 Å². The topological polar surface area (TPSA) is 6.48 Å². The van der Waals surface area contributed by atoms with Crippen molar-refractivity contribution >= 4 is 11.9 Å². The number of halogens is 2. The molecule has 2 fully saturated rings. The van der Waals surface area contributed by atoms with E-state index in [1.54, 1.807) is 24.1 Å². The summed E-state index contributed by atoms with van der Waals surface area (Å²) in [4.78, 5) is 3.74. The highest BCUT2D eigenvalue weighted by atomic mass is 32.2. The highest BCUT2D eigenvalue weighted by Gasteiger charge is 2.28. The van der Waals surface area contributed by atoms with Crippen molar-refractivity contribution in [2.45, 2.75) is 56.4 Å². The zero-order valence-electron chi connectivity index (χ0n) is 14.7. The zero-order chi connectivity index (χ0) is 17.2. The molecule has 2 aliphatic heterocycles. The molecule has 0 spiro atoms. The maximum absolute atomic E-state index is 13.3. The Morgan fingerprint density at radius 2 is 1.71 bits per heavy atom. The normalized spacial score (nSPS) is 25.1. The molecule has 1 unspecified atom stereocenters. The van der Waals surface area contributed by atoms with Crippen LogP contribution in [0.5, 0.6) is 0 Å². The molecule has 0 aliphatic carbocycles. The van der Waals surface area contributed by atoms with Gasteiger partial charge in [-0.3, -0.25) is 0 Å². The fraction of sp³-hybridized carbons (Fsp3) is 0.684. The molecule has 0 aromatic heterocycles. The lowest BCUT2D eigenvalue weighted by atomic mass is 9.96. The molecule has 0 saturated carbocycles. The van der Waals surface area contributed by atoms with E-state index >= 15 is 0 Å². The maximum Gasteiger partial charge on any atom is 0.270 e. The molecule has 1 aromatic carbocycles. The van der Waals surface area contributed by atoms with Crippen LogP contribution in [0.3, 0.4) is 0 Å². The summed E-state index contributed by atoms with van der Waals surface area (Å²) in [6, 6.07) is 7.45. The molecule has 0 radical (unpaired) electrons. The van der Waals surface area contributed by atoms with E-state index in [9.17, 15) is 8.78 Å². The summed E-state index contributed by atoms with van der Waals surface area (Å²) in [5.74, 6) is -1.92. The number of likely N-dealkylation sites (tertiary alicyclic amines) is 1. The van der Waals surface area contributed by atoms with Gasteiger partial charge < -0.3 is 4.90 Å². The number of benzene rings is 1. The van der Waals surface area contributed by atoms with Crippen LogP contribution >= 0.6 is 11.9 Å². The summed E-state index contributed by atoms with van der Waals surface area (Å²) in [6.07, 6.45) is 5.14. The number of hydrogen-bond donors (Lipinski definition) is 0. The van der Waals surface area contributed by atoms with Crippen LogP contribution in [-0.2, 0) is 5.92 Å². The first-order valence-corrected chi connectivity index (χ1v) is 9.84. The number of rotatable bonds is 4. The van der Waals surface area contributed by atoms with Gasteiger partial charge >= 0.3 is 0 Å². The summed E-state index contributed by atoms with van der Waals surface area (Å²) in [5, 5.41) is 0. The Kier molecular flexibility index (Phi) is 5.83. The molecular formula is C19H28F2N2S. The molecule has 134 valence electrons. The smallest absolute Gasteiger partial charge is 0.270 e. The van der Waals surface area contributed by atoms with Crippen molar-refractivity contribution < 1.29 is 8.78 Å². The molecule has 24 heavy (non-hydrogen) atoms. The van der Waals surface area contributed by atoms with Crippen LogP contribution in [0.1, 0.15) is 45.1 Å².